The molecular formula is C11H22O5S. The van der Waals surface area contributed by atoms with Crippen LogP contribution in [0.25, 0.3) is 0 Å². The van der Waals surface area contributed by atoms with Gasteiger partial charge in [-0.3, -0.25) is 0 Å². The van der Waals surface area contributed by atoms with E-state index in [0.717, 1.165) is 0 Å². The fourth-order valence-electron chi connectivity index (χ4n) is 2.17. The highest BCUT2D eigenvalue weighted by Gasteiger charge is 2.46. The lowest BCUT2D eigenvalue weighted by Gasteiger charge is -2.43. The van der Waals surface area contributed by atoms with Crippen LogP contribution in [0.5, 0.6) is 0 Å². The van der Waals surface area contributed by atoms with E-state index < -0.39 is 0 Å². The highest BCUT2D eigenvalue weighted by Crippen LogP contribution is 2.37. The molecular weight excluding hydrogens is 244 g/mol. The van der Waals surface area contributed by atoms with E-state index >= 15 is 0 Å². The number of methoxy groups -OCH3 is 5. The summed E-state index contributed by atoms with van der Waals surface area (Å²) in [5.41, 5.74) is -0.0727. The molecule has 1 aliphatic heterocycles. The van der Waals surface area contributed by atoms with E-state index in [1.807, 2.05) is 0 Å². The summed E-state index contributed by atoms with van der Waals surface area (Å²) in [6.45, 7) is 0.597. The van der Waals surface area contributed by atoms with Gasteiger partial charge < -0.3 is 23.7 Å². The van der Waals surface area contributed by atoms with E-state index in [9.17, 15) is 0 Å². The first-order valence-electron chi connectivity index (χ1n) is 5.49. The Morgan fingerprint density at radius 3 is 1.76 bits per heavy atom. The Morgan fingerprint density at radius 1 is 0.765 bits per heavy atom. The van der Waals surface area contributed by atoms with Gasteiger partial charge in [0.05, 0.1) is 11.9 Å². The maximum Gasteiger partial charge on any atom is 0.132 e. The average Bonchev–Trinajstić information content (AvgIpc) is 2.37. The van der Waals surface area contributed by atoms with E-state index in [4.69, 9.17) is 23.7 Å². The van der Waals surface area contributed by atoms with Crippen LogP contribution in [-0.4, -0.2) is 71.2 Å². The first-order valence-corrected chi connectivity index (χ1v) is 6.43. The summed E-state index contributed by atoms with van der Waals surface area (Å²) in [5, 5.41) is 0.172. The van der Waals surface area contributed by atoms with Crippen molar-refractivity contribution in [2.45, 2.75) is 29.0 Å². The predicted octanol–water partition coefficient (Wildman–Crippen LogP) is 0.766. The summed E-state index contributed by atoms with van der Waals surface area (Å²) in [5.74, 6) is 0. The van der Waals surface area contributed by atoms with Crippen LogP contribution < -0.4 is 0 Å². The molecule has 0 unspecified atom stereocenters. The van der Waals surface area contributed by atoms with E-state index in [1.165, 1.54) is 0 Å². The zero-order valence-corrected chi connectivity index (χ0v) is 11.9. The highest BCUT2D eigenvalue weighted by molar-refractivity contribution is 8.00. The highest BCUT2D eigenvalue weighted by atomic mass is 32.2. The molecule has 1 rings (SSSR count). The number of hydrogen-bond acceptors (Lipinski definition) is 6. The number of ether oxygens (including phenoxy) is 5. The maximum absolute atomic E-state index is 5.52. The van der Waals surface area contributed by atoms with Gasteiger partial charge in [0.1, 0.15) is 23.7 Å². The molecule has 0 N–H and O–H groups in total. The molecule has 0 amide bonds. The van der Waals surface area contributed by atoms with Crippen molar-refractivity contribution < 1.29 is 23.7 Å². The zero-order chi connectivity index (χ0) is 12.8. The number of rotatable bonds is 6. The van der Waals surface area contributed by atoms with Gasteiger partial charge in [0, 0.05) is 35.5 Å². The molecule has 17 heavy (non-hydrogen) atoms. The molecule has 0 radical (unpaired) electrons. The van der Waals surface area contributed by atoms with E-state index in [2.05, 4.69) is 0 Å². The van der Waals surface area contributed by atoms with Gasteiger partial charge in [0.2, 0.25) is 0 Å². The smallest absolute Gasteiger partial charge is 0.132 e. The van der Waals surface area contributed by atoms with Crippen LogP contribution in [0, 0.1) is 0 Å². The predicted molar refractivity (Wildman–Crippen MR) is 66.4 cm³/mol. The second-order valence-electron chi connectivity index (χ2n) is 3.83. The van der Waals surface area contributed by atoms with Gasteiger partial charge in [0.25, 0.3) is 0 Å². The fraction of sp³-hybridized carbons (Fsp3) is 1.00. The van der Waals surface area contributed by atoms with Gasteiger partial charge in [-0.05, 0) is 0 Å². The van der Waals surface area contributed by atoms with Crippen molar-refractivity contribution in [3.8, 4) is 0 Å². The molecule has 1 aliphatic rings. The van der Waals surface area contributed by atoms with Gasteiger partial charge in [0.15, 0.2) is 0 Å². The molecule has 0 aromatic heterocycles. The van der Waals surface area contributed by atoms with Crippen LogP contribution in [0.3, 0.4) is 0 Å². The van der Waals surface area contributed by atoms with Crippen molar-refractivity contribution in [3.63, 3.8) is 0 Å². The summed E-state index contributed by atoms with van der Waals surface area (Å²) in [6, 6.07) is 0. The van der Waals surface area contributed by atoms with Crippen molar-refractivity contribution in [2.75, 3.05) is 42.2 Å². The Balaban J connectivity index is 2.84. The molecule has 0 aliphatic carbocycles. The third kappa shape index (κ3) is 3.33. The summed E-state index contributed by atoms with van der Waals surface area (Å²) in [7, 11) is 8.36. The van der Waals surface area contributed by atoms with Crippen molar-refractivity contribution in [1.82, 2.24) is 0 Å². The SMILES string of the molecule is COC[C@H]1S[C@H](OC)[C@H](OC)[C@@H](OC)[C@@H]1OC. The van der Waals surface area contributed by atoms with Gasteiger partial charge in [-0.1, -0.05) is 0 Å². The molecule has 5 atom stereocenters. The summed E-state index contributed by atoms with van der Waals surface area (Å²) < 4.78 is 27.2. The van der Waals surface area contributed by atoms with Crippen LogP contribution in [-0.2, 0) is 23.7 Å². The molecule has 0 aromatic carbocycles. The molecule has 5 nitrogen and oxygen atoms in total. The molecule has 0 spiro atoms. The quantitative estimate of drug-likeness (QED) is 0.707. The van der Waals surface area contributed by atoms with Crippen molar-refractivity contribution in [3.05, 3.63) is 0 Å². The molecule has 1 saturated heterocycles. The molecule has 1 heterocycles. The maximum atomic E-state index is 5.52. The first-order chi connectivity index (χ1) is 8.23. The third-order valence-electron chi connectivity index (χ3n) is 2.97. The minimum Gasteiger partial charge on any atom is -0.383 e. The van der Waals surface area contributed by atoms with Crippen LogP contribution >= 0.6 is 11.8 Å². The monoisotopic (exact) mass is 266 g/mol. The van der Waals surface area contributed by atoms with Crippen LogP contribution in [0.2, 0.25) is 0 Å². The lowest BCUT2D eigenvalue weighted by molar-refractivity contribution is -0.140. The van der Waals surface area contributed by atoms with Crippen LogP contribution in [0.1, 0.15) is 0 Å². The van der Waals surface area contributed by atoms with Gasteiger partial charge in [-0.25, -0.2) is 0 Å². The summed E-state index contributed by atoms with van der Waals surface area (Å²) in [6.07, 6.45) is -0.370. The van der Waals surface area contributed by atoms with E-state index in [0.29, 0.717) is 6.61 Å². The lowest BCUT2D eigenvalue weighted by Crippen LogP contribution is -2.56. The van der Waals surface area contributed by atoms with Crippen molar-refractivity contribution in [2.24, 2.45) is 0 Å². The third-order valence-corrected chi connectivity index (χ3v) is 4.45. The Hall–Kier alpha value is 0.150. The molecule has 0 aromatic rings. The summed E-state index contributed by atoms with van der Waals surface area (Å²) >= 11 is 1.66. The van der Waals surface area contributed by atoms with Gasteiger partial charge in [-0.15, -0.1) is 11.8 Å². The Labute approximate surface area is 107 Å². The van der Waals surface area contributed by atoms with E-state index in [1.54, 1.807) is 47.3 Å². The van der Waals surface area contributed by atoms with Crippen molar-refractivity contribution in [1.29, 1.82) is 0 Å². The molecule has 0 saturated carbocycles. The van der Waals surface area contributed by atoms with E-state index in [-0.39, 0.29) is 29.0 Å². The van der Waals surface area contributed by atoms with Crippen LogP contribution in [0.15, 0.2) is 0 Å². The lowest BCUT2D eigenvalue weighted by atomic mass is 10.0. The first kappa shape index (κ1) is 15.2. The largest absolute Gasteiger partial charge is 0.383 e. The molecule has 102 valence electrons. The fourth-order valence-corrected chi connectivity index (χ4v) is 3.68. The zero-order valence-electron chi connectivity index (χ0n) is 11.0. The Kier molecular flexibility index (Phi) is 6.76. The van der Waals surface area contributed by atoms with Crippen LogP contribution in [0.4, 0.5) is 0 Å². The second kappa shape index (κ2) is 7.56. The average molecular weight is 266 g/mol. The minimum atomic E-state index is -0.156. The Bertz CT molecular complexity index is 216. The topological polar surface area (TPSA) is 46.2 Å². The Morgan fingerprint density at radius 2 is 1.35 bits per heavy atom. The molecule has 0 bridgehead atoms. The standard InChI is InChI=1S/C11H22O5S/c1-12-6-7-8(13-2)9(14-3)10(15-4)11(16-5)17-7/h7-11H,6H2,1-5H3/t7-,8-,9+,10-,11+/m1/s1. The number of thioether (sulfide) groups is 1. The minimum absolute atomic E-state index is 0.0682. The second-order valence-corrected chi connectivity index (χ2v) is 5.18. The summed E-state index contributed by atoms with van der Waals surface area (Å²) in [4.78, 5) is 0. The molecule has 6 heteroatoms. The van der Waals surface area contributed by atoms with Gasteiger partial charge >= 0.3 is 0 Å². The molecule has 1 fully saturated rings. The number of hydrogen-bond donors (Lipinski definition) is 0. The van der Waals surface area contributed by atoms with Gasteiger partial charge in [-0.2, -0.15) is 0 Å². The van der Waals surface area contributed by atoms with Crippen molar-refractivity contribution >= 4 is 11.8 Å². The normalized spacial score (nSPS) is 38.3.